The zero-order valence-corrected chi connectivity index (χ0v) is 19.1. The highest BCUT2D eigenvalue weighted by molar-refractivity contribution is 5.89. The van der Waals surface area contributed by atoms with E-state index in [2.05, 4.69) is 17.2 Å². The number of benzene rings is 2. The van der Waals surface area contributed by atoms with Crippen LogP contribution in [0, 0.1) is 5.92 Å². The van der Waals surface area contributed by atoms with E-state index in [-0.39, 0.29) is 26.1 Å². The maximum Gasteiger partial charge on any atom is 0.331 e. The fourth-order valence-corrected chi connectivity index (χ4v) is 3.35. The third-order valence-electron chi connectivity index (χ3n) is 5.17. The molecule has 8 heteroatoms. The summed E-state index contributed by atoms with van der Waals surface area (Å²) in [6, 6.07) is 16.7. The van der Waals surface area contributed by atoms with E-state index in [0.717, 1.165) is 11.1 Å². The smallest absolute Gasteiger partial charge is 0.331 e. The summed E-state index contributed by atoms with van der Waals surface area (Å²) in [4.78, 5) is 37.6. The average Bonchev–Trinajstić information content (AvgIpc) is 2.86. The predicted molar refractivity (Wildman–Crippen MR) is 127 cm³/mol. The molecule has 4 N–H and O–H groups in total. The van der Waals surface area contributed by atoms with Crippen molar-refractivity contribution >= 4 is 17.8 Å². The van der Waals surface area contributed by atoms with Gasteiger partial charge in [0.15, 0.2) is 6.04 Å². The SMILES string of the molecule is C=CC[C@H](CC(=O)N[C@@H](CO)Cc1ccccc1)C(=O)N[C@H](CO)C(=O)OCc1ccccc1. The minimum absolute atomic E-state index is 0.00843. The third kappa shape index (κ3) is 9.17. The molecule has 0 aromatic heterocycles. The van der Waals surface area contributed by atoms with E-state index < -0.39 is 42.4 Å². The van der Waals surface area contributed by atoms with Crippen LogP contribution in [-0.2, 0) is 32.1 Å². The summed E-state index contributed by atoms with van der Waals surface area (Å²) in [7, 11) is 0. The predicted octanol–water partition coefficient (Wildman–Crippen LogP) is 1.51. The standard InChI is InChI=1S/C26H32N2O6/c1-2-9-21(15-24(31)27-22(16-29)14-19-10-5-3-6-11-19)25(32)28-23(17-30)26(33)34-18-20-12-7-4-8-13-20/h2-8,10-13,21-23,29-30H,1,9,14-18H2,(H,27,31)(H,28,32)/t21-,22-,23-/m1/s1. The van der Waals surface area contributed by atoms with Gasteiger partial charge in [0.05, 0.1) is 25.2 Å². The maximum absolute atomic E-state index is 12.8. The minimum Gasteiger partial charge on any atom is -0.459 e. The Morgan fingerprint density at radius 1 is 0.912 bits per heavy atom. The molecular weight excluding hydrogens is 436 g/mol. The van der Waals surface area contributed by atoms with Gasteiger partial charge in [-0.2, -0.15) is 0 Å². The van der Waals surface area contributed by atoms with Crippen LogP contribution < -0.4 is 10.6 Å². The molecule has 0 aliphatic heterocycles. The highest BCUT2D eigenvalue weighted by Crippen LogP contribution is 2.12. The number of nitrogens with one attached hydrogen (secondary N) is 2. The molecule has 182 valence electrons. The number of amides is 2. The third-order valence-corrected chi connectivity index (χ3v) is 5.17. The molecule has 0 unspecified atom stereocenters. The van der Waals surface area contributed by atoms with Crippen LogP contribution in [-0.4, -0.2) is 53.3 Å². The average molecular weight is 469 g/mol. The first-order chi connectivity index (χ1) is 16.5. The van der Waals surface area contributed by atoms with Crippen LogP contribution in [0.1, 0.15) is 24.0 Å². The van der Waals surface area contributed by atoms with E-state index in [1.807, 2.05) is 36.4 Å². The van der Waals surface area contributed by atoms with Gasteiger partial charge in [-0.05, 0) is 24.0 Å². The number of aliphatic hydroxyl groups excluding tert-OH is 2. The number of ether oxygens (including phenoxy) is 1. The van der Waals surface area contributed by atoms with Gasteiger partial charge in [0.25, 0.3) is 0 Å². The quantitative estimate of drug-likeness (QED) is 0.246. The topological polar surface area (TPSA) is 125 Å². The van der Waals surface area contributed by atoms with E-state index in [1.165, 1.54) is 6.08 Å². The van der Waals surface area contributed by atoms with E-state index >= 15 is 0 Å². The molecule has 0 fully saturated rings. The van der Waals surface area contributed by atoms with Crippen LogP contribution in [0.4, 0.5) is 0 Å². The van der Waals surface area contributed by atoms with Gasteiger partial charge in [0.2, 0.25) is 11.8 Å². The van der Waals surface area contributed by atoms with Crippen LogP contribution in [0.3, 0.4) is 0 Å². The number of esters is 1. The maximum atomic E-state index is 12.8. The van der Waals surface area contributed by atoms with Crippen molar-refractivity contribution in [2.24, 2.45) is 5.92 Å². The molecule has 34 heavy (non-hydrogen) atoms. The molecule has 0 saturated heterocycles. The zero-order chi connectivity index (χ0) is 24.8. The Kier molecular flexibility index (Phi) is 11.5. The Bertz CT molecular complexity index is 919. The summed E-state index contributed by atoms with van der Waals surface area (Å²) < 4.78 is 5.19. The summed E-state index contributed by atoms with van der Waals surface area (Å²) in [6.07, 6.45) is 1.98. The van der Waals surface area contributed by atoms with Crippen molar-refractivity contribution in [3.05, 3.63) is 84.4 Å². The van der Waals surface area contributed by atoms with E-state index in [0.29, 0.717) is 6.42 Å². The molecule has 0 heterocycles. The molecule has 2 aromatic rings. The first-order valence-electron chi connectivity index (χ1n) is 11.1. The number of allylic oxidation sites excluding steroid dienone is 1. The molecule has 3 atom stereocenters. The summed E-state index contributed by atoms with van der Waals surface area (Å²) in [5, 5.41) is 24.4. The fraction of sp³-hybridized carbons (Fsp3) is 0.346. The fourth-order valence-electron chi connectivity index (χ4n) is 3.35. The van der Waals surface area contributed by atoms with Crippen molar-refractivity contribution in [1.29, 1.82) is 0 Å². The molecule has 2 rings (SSSR count). The summed E-state index contributed by atoms with van der Waals surface area (Å²) in [5.41, 5.74) is 1.73. The Morgan fingerprint density at radius 3 is 2.09 bits per heavy atom. The van der Waals surface area contributed by atoms with Gasteiger partial charge in [0.1, 0.15) is 6.61 Å². The Labute approximate surface area is 199 Å². The number of rotatable bonds is 14. The Hall–Kier alpha value is -3.49. The van der Waals surface area contributed by atoms with Crippen molar-refractivity contribution in [3.63, 3.8) is 0 Å². The molecule has 0 bridgehead atoms. The number of hydrogen-bond acceptors (Lipinski definition) is 6. The highest BCUT2D eigenvalue weighted by Gasteiger charge is 2.27. The lowest BCUT2D eigenvalue weighted by molar-refractivity contribution is -0.150. The second-order valence-electron chi connectivity index (χ2n) is 7.90. The van der Waals surface area contributed by atoms with Gasteiger partial charge >= 0.3 is 5.97 Å². The van der Waals surface area contributed by atoms with Gasteiger partial charge in [0, 0.05) is 6.42 Å². The van der Waals surface area contributed by atoms with E-state index in [9.17, 15) is 24.6 Å². The molecule has 8 nitrogen and oxygen atoms in total. The normalized spacial score (nSPS) is 13.2. The molecule has 0 spiro atoms. The molecular formula is C26H32N2O6. The summed E-state index contributed by atoms with van der Waals surface area (Å²) in [6.45, 7) is 2.74. The Balaban J connectivity index is 1.90. The Morgan fingerprint density at radius 2 is 1.53 bits per heavy atom. The highest BCUT2D eigenvalue weighted by atomic mass is 16.5. The van der Waals surface area contributed by atoms with Gasteiger partial charge in [-0.1, -0.05) is 66.7 Å². The van der Waals surface area contributed by atoms with Crippen molar-refractivity contribution < 1.29 is 29.3 Å². The molecule has 0 radical (unpaired) electrons. The molecule has 2 aromatic carbocycles. The first-order valence-corrected chi connectivity index (χ1v) is 11.1. The van der Waals surface area contributed by atoms with Crippen molar-refractivity contribution in [1.82, 2.24) is 10.6 Å². The van der Waals surface area contributed by atoms with Crippen LogP contribution in [0.25, 0.3) is 0 Å². The van der Waals surface area contributed by atoms with Crippen molar-refractivity contribution in [3.8, 4) is 0 Å². The number of carbonyl (C=O) groups is 3. The second kappa shape index (κ2) is 14.6. The lowest BCUT2D eigenvalue weighted by Crippen LogP contribution is -2.48. The number of aliphatic hydroxyl groups is 2. The lowest BCUT2D eigenvalue weighted by atomic mass is 9.98. The minimum atomic E-state index is -1.25. The lowest BCUT2D eigenvalue weighted by Gasteiger charge is -2.21. The second-order valence-corrected chi connectivity index (χ2v) is 7.90. The van der Waals surface area contributed by atoms with Gasteiger partial charge < -0.3 is 25.6 Å². The van der Waals surface area contributed by atoms with Crippen LogP contribution in [0.2, 0.25) is 0 Å². The monoisotopic (exact) mass is 468 g/mol. The number of hydrogen-bond donors (Lipinski definition) is 4. The van der Waals surface area contributed by atoms with E-state index in [1.54, 1.807) is 24.3 Å². The molecule has 2 amide bonds. The summed E-state index contributed by atoms with van der Waals surface area (Å²) >= 11 is 0. The molecule has 0 saturated carbocycles. The van der Waals surface area contributed by atoms with Crippen LogP contribution in [0.5, 0.6) is 0 Å². The molecule has 0 aliphatic carbocycles. The van der Waals surface area contributed by atoms with Gasteiger partial charge in [-0.3, -0.25) is 9.59 Å². The number of carbonyl (C=O) groups excluding carboxylic acids is 3. The molecule has 0 aliphatic rings. The summed E-state index contributed by atoms with van der Waals surface area (Å²) in [5.74, 6) is -2.56. The zero-order valence-electron chi connectivity index (χ0n) is 19.1. The largest absolute Gasteiger partial charge is 0.459 e. The van der Waals surface area contributed by atoms with Crippen LogP contribution in [0.15, 0.2) is 73.3 Å². The van der Waals surface area contributed by atoms with Gasteiger partial charge in [-0.25, -0.2) is 4.79 Å². The van der Waals surface area contributed by atoms with Gasteiger partial charge in [-0.15, -0.1) is 6.58 Å². The van der Waals surface area contributed by atoms with E-state index in [4.69, 9.17) is 4.74 Å². The van der Waals surface area contributed by atoms with Crippen molar-refractivity contribution in [2.45, 2.75) is 38.0 Å². The van der Waals surface area contributed by atoms with Crippen LogP contribution >= 0.6 is 0 Å². The van der Waals surface area contributed by atoms with Crippen molar-refractivity contribution in [2.75, 3.05) is 13.2 Å². The first kappa shape index (κ1) is 26.8.